The number of nitrogens with zero attached hydrogens (tertiary/aromatic N) is 1. The molecule has 3 rings (SSSR count). The van der Waals surface area contributed by atoms with Gasteiger partial charge in [0.25, 0.3) is 0 Å². The number of fused-ring (bicyclic) bond motifs is 1. The van der Waals surface area contributed by atoms with Crippen molar-refractivity contribution in [3.63, 3.8) is 0 Å². The van der Waals surface area contributed by atoms with Crippen LogP contribution in [0, 0.1) is 11.8 Å². The van der Waals surface area contributed by atoms with Crippen LogP contribution in [0.2, 0.25) is 0 Å². The van der Waals surface area contributed by atoms with E-state index in [1.165, 1.54) is 32.4 Å². The van der Waals surface area contributed by atoms with E-state index in [4.69, 9.17) is 0 Å². The van der Waals surface area contributed by atoms with Gasteiger partial charge in [0.1, 0.15) is 0 Å². The third-order valence-corrected chi connectivity index (χ3v) is 4.81. The summed E-state index contributed by atoms with van der Waals surface area (Å²) >= 11 is 0. The summed E-state index contributed by atoms with van der Waals surface area (Å²) in [5.41, 5.74) is 0. The SMILES string of the molecule is CC1NCCN(C2CCC3CC32)C1C. The Bertz CT molecular complexity index is 228. The second-order valence-corrected chi connectivity index (χ2v) is 5.53. The molecule has 1 N–H and O–H groups in total. The molecule has 0 amide bonds. The summed E-state index contributed by atoms with van der Waals surface area (Å²) in [5.74, 6) is 2.21. The molecule has 3 aliphatic rings. The van der Waals surface area contributed by atoms with Crippen molar-refractivity contribution in [3.8, 4) is 0 Å². The molecule has 5 atom stereocenters. The average molecular weight is 194 g/mol. The normalized spacial score (nSPS) is 53.1. The Balaban J connectivity index is 1.70. The van der Waals surface area contributed by atoms with E-state index in [0.29, 0.717) is 6.04 Å². The zero-order valence-electron chi connectivity index (χ0n) is 9.37. The van der Waals surface area contributed by atoms with E-state index < -0.39 is 0 Å². The quantitative estimate of drug-likeness (QED) is 0.680. The van der Waals surface area contributed by atoms with Gasteiger partial charge in [0.05, 0.1) is 0 Å². The minimum Gasteiger partial charge on any atom is -0.311 e. The Morgan fingerprint density at radius 3 is 2.71 bits per heavy atom. The predicted octanol–water partition coefficient (Wildman–Crippen LogP) is 1.47. The summed E-state index contributed by atoms with van der Waals surface area (Å²) in [6.45, 7) is 7.20. The Kier molecular flexibility index (Phi) is 2.10. The number of hydrogen-bond donors (Lipinski definition) is 1. The van der Waals surface area contributed by atoms with Crippen molar-refractivity contribution in [2.24, 2.45) is 11.8 Å². The van der Waals surface area contributed by atoms with Gasteiger partial charge >= 0.3 is 0 Å². The summed E-state index contributed by atoms with van der Waals surface area (Å²) in [6.07, 6.45) is 4.53. The Morgan fingerprint density at radius 1 is 1.21 bits per heavy atom. The topological polar surface area (TPSA) is 15.3 Å². The zero-order chi connectivity index (χ0) is 9.71. The van der Waals surface area contributed by atoms with Crippen LogP contribution in [0.5, 0.6) is 0 Å². The molecule has 2 saturated carbocycles. The van der Waals surface area contributed by atoms with Crippen LogP contribution in [-0.4, -0.2) is 36.1 Å². The van der Waals surface area contributed by atoms with Gasteiger partial charge in [-0.3, -0.25) is 4.90 Å². The smallest absolute Gasteiger partial charge is 0.0221 e. The van der Waals surface area contributed by atoms with E-state index >= 15 is 0 Å². The van der Waals surface area contributed by atoms with Gasteiger partial charge in [-0.2, -0.15) is 0 Å². The highest BCUT2D eigenvalue weighted by atomic mass is 15.3. The molecular weight excluding hydrogens is 172 g/mol. The van der Waals surface area contributed by atoms with Gasteiger partial charge in [0, 0.05) is 31.2 Å². The maximum absolute atomic E-state index is 3.57. The lowest BCUT2D eigenvalue weighted by atomic mass is 10.0. The average Bonchev–Trinajstić information content (AvgIpc) is 2.85. The molecule has 2 heteroatoms. The fraction of sp³-hybridized carbons (Fsp3) is 1.00. The Morgan fingerprint density at radius 2 is 2.07 bits per heavy atom. The third kappa shape index (κ3) is 1.31. The van der Waals surface area contributed by atoms with Crippen molar-refractivity contribution in [1.29, 1.82) is 0 Å². The zero-order valence-corrected chi connectivity index (χ0v) is 9.37. The molecule has 0 aromatic heterocycles. The minimum atomic E-state index is 0.682. The van der Waals surface area contributed by atoms with E-state index in [0.717, 1.165) is 23.9 Å². The van der Waals surface area contributed by atoms with E-state index in [-0.39, 0.29) is 0 Å². The van der Waals surface area contributed by atoms with Crippen molar-refractivity contribution < 1.29 is 0 Å². The van der Waals surface area contributed by atoms with E-state index in [1.807, 2.05) is 0 Å². The molecule has 1 aliphatic heterocycles. The van der Waals surface area contributed by atoms with Crippen LogP contribution >= 0.6 is 0 Å². The number of rotatable bonds is 1. The second-order valence-electron chi connectivity index (χ2n) is 5.53. The first-order valence-electron chi connectivity index (χ1n) is 6.26. The van der Waals surface area contributed by atoms with Gasteiger partial charge in [0.2, 0.25) is 0 Å². The van der Waals surface area contributed by atoms with Crippen LogP contribution in [0.25, 0.3) is 0 Å². The molecule has 0 aromatic rings. The fourth-order valence-electron chi connectivity index (χ4n) is 3.64. The maximum atomic E-state index is 3.57. The van der Waals surface area contributed by atoms with Crippen molar-refractivity contribution in [3.05, 3.63) is 0 Å². The monoisotopic (exact) mass is 194 g/mol. The summed E-state index contributed by atoms with van der Waals surface area (Å²) in [5, 5.41) is 3.57. The fourth-order valence-corrected chi connectivity index (χ4v) is 3.64. The van der Waals surface area contributed by atoms with E-state index in [1.54, 1.807) is 0 Å². The molecule has 5 unspecified atom stereocenters. The van der Waals surface area contributed by atoms with Crippen LogP contribution in [0.4, 0.5) is 0 Å². The summed E-state index contributed by atoms with van der Waals surface area (Å²) in [6, 6.07) is 2.37. The van der Waals surface area contributed by atoms with Gasteiger partial charge < -0.3 is 5.32 Å². The first-order valence-corrected chi connectivity index (χ1v) is 6.26. The first-order chi connectivity index (χ1) is 6.77. The van der Waals surface area contributed by atoms with Gasteiger partial charge in [-0.1, -0.05) is 0 Å². The number of hydrogen-bond acceptors (Lipinski definition) is 2. The highest BCUT2D eigenvalue weighted by molar-refractivity contribution is 5.04. The van der Waals surface area contributed by atoms with Crippen molar-refractivity contribution in [2.45, 2.75) is 51.2 Å². The molecular formula is C12H22N2. The number of nitrogens with one attached hydrogen (secondary N) is 1. The van der Waals surface area contributed by atoms with Gasteiger partial charge in [-0.15, -0.1) is 0 Å². The standard InChI is InChI=1S/C12H22N2/c1-8-9(2)14(6-5-13-8)12-4-3-10-7-11(10)12/h8-13H,3-7H2,1-2H3. The van der Waals surface area contributed by atoms with Crippen LogP contribution in [0.3, 0.4) is 0 Å². The molecule has 0 spiro atoms. The molecule has 80 valence electrons. The van der Waals surface area contributed by atoms with Gasteiger partial charge in [-0.25, -0.2) is 0 Å². The molecule has 0 bridgehead atoms. The van der Waals surface area contributed by atoms with E-state index in [9.17, 15) is 0 Å². The van der Waals surface area contributed by atoms with Crippen molar-refractivity contribution in [1.82, 2.24) is 10.2 Å². The van der Waals surface area contributed by atoms with Gasteiger partial charge in [0.15, 0.2) is 0 Å². The lowest BCUT2D eigenvalue weighted by molar-refractivity contribution is 0.0806. The summed E-state index contributed by atoms with van der Waals surface area (Å²) in [4.78, 5) is 2.79. The van der Waals surface area contributed by atoms with Crippen LogP contribution in [0.1, 0.15) is 33.1 Å². The molecule has 1 heterocycles. The van der Waals surface area contributed by atoms with E-state index in [2.05, 4.69) is 24.1 Å². The minimum absolute atomic E-state index is 0.682. The highest BCUT2D eigenvalue weighted by Gasteiger charge is 2.51. The second kappa shape index (κ2) is 3.21. The van der Waals surface area contributed by atoms with Crippen LogP contribution < -0.4 is 5.32 Å². The largest absolute Gasteiger partial charge is 0.311 e. The number of piperazine rings is 1. The lowest BCUT2D eigenvalue weighted by Crippen LogP contribution is -2.58. The van der Waals surface area contributed by atoms with Gasteiger partial charge in [-0.05, 0) is 44.9 Å². The summed E-state index contributed by atoms with van der Waals surface area (Å²) in [7, 11) is 0. The maximum Gasteiger partial charge on any atom is 0.0221 e. The molecule has 14 heavy (non-hydrogen) atoms. The van der Waals surface area contributed by atoms with Crippen LogP contribution in [0.15, 0.2) is 0 Å². The van der Waals surface area contributed by atoms with Crippen LogP contribution in [-0.2, 0) is 0 Å². The Hall–Kier alpha value is -0.0800. The molecule has 0 radical (unpaired) electrons. The predicted molar refractivity (Wildman–Crippen MR) is 58.3 cm³/mol. The molecule has 1 saturated heterocycles. The first kappa shape index (κ1) is 9.17. The lowest BCUT2D eigenvalue weighted by Gasteiger charge is -2.43. The summed E-state index contributed by atoms with van der Waals surface area (Å²) < 4.78 is 0. The van der Waals surface area contributed by atoms with Crippen molar-refractivity contribution >= 4 is 0 Å². The molecule has 2 aliphatic carbocycles. The Labute approximate surface area is 87.0 Å². The molecule has 2 nitrogen and oxygen atoms in total. The van der Waals surface area contributed by atoms with Crippen molar-refractivity contribution in [2.75, 3.05) is 13.1 Å². The highest BCUT2D eigenvalue weighted by Crippen LogP contribution is 2.54. The molecule has 0 aromatic carbocycles. The third-order valence-electron chi connectivity index (χ3n) is 4.81. The molecule has 3 fully saturated rings.